The second-order valence-electron chi connectivity index (χ2n) is 6.06. The molecule has 1 aromatic heterocycles. The van der Waals surface area contributed by atoms with Gasteiger partial charge in [-0.25, -0.2) is 0 Å². The van der Waals surface area contributed by atoms with Crippen molar-refractivity contribution >= 4 is 5.91 Å². The van der Waals surface area contributed by atoms with Crippen LogP contribution in [0.25, 0.3) is 0 Å². The van der Waals surface area contributed by atoms with E-state index in [-0.39, 0.29) is 18.2 Å². The van der Waals surface area contributed by atoms with E-state index in [4.69, 9.17) is 0 Å². The third kappa shape index (κ3) is 3.77. The summed E-state index contributed by atoms with van der Waals surface area (Å²) in [5, 5.41) is 6.88. The van der Waals surface area contributed by atoms with E-state index in [9.17, 15) is 18.0 Å². The van der Waals surface area contributed by atoms with Crippen LogP contribution in [0.2, 0.25) is 0 Å². The molecule has 24 heavy (non-hydrogen) atoms. The van der Waals surface area contributed by atoms with Gasteiger partial charge in [0.25, 0.3) is 0 Å². The summed E-state index contributed by atoms with van der Waals surface area (Å²) in [5.41, 5.74) is 0.912. The predicted molar refractivity (Wildman–Crippen MR) is 82.3 cm³/mol. The minimum absolute atomic E-state index is 0.0565. The highest BCUT2D eigenvalue weighted by Crippen LogP contribution is 2.29. The van der Waals surface area contributed by atoms with Crippen LogP contribution in [0.3, 0.4) is 0 Å². The molecule has 2 heterocycles. The molecule has 4 nitrogen and oxygen atoms in total. The highest BCUT2D eigenvalue weighted by molar-refractivity contribution is 5.79. The monoisotopic (exact) mass is 337 g/mol. The standard InChI is InChI=1S/C17H18F3N3O/c18-17(19,20)14-5-3-12(4-6-14)10-16(24)23-9-1-2-13(11-23)15-7-8-21-22-15/h3-8,13H,1-2,9-11H2,(H,21,22)/t13-/m1/s1. The lowest BCUT2D eigenvalue weighted by Gasteiger charge is -2.32. The van der Waals surface area contributed by atoms with Crippen LogP contribution in [0, 0.1) is 0 Å². The Hall–Kier alpha value is -2.31. The number of amides is 1. The Labute approximate surface area is 137 Å². The van der Waals surface area contributed by atoms with Crippen LogP contribution in [0.15, 0.2) is 36.5 Å². The van der Waals surface area contributed by atoms with Crippen molar-refractivity contribution in [3.8, 4) is 0 Å². The van der Waals surface area contributed by atoms with Crippen LogP contribution in [0.5, 0.6) is 0 Å². The number of carbonyl (C=O) groups excluding carboxylic acids is 1. The maximum atomic E-state index is 12.6. The van der Waals surface area contributed by atoms with Crippen LogP contribution in [0.1, 0.15) is 35.6 Å². The molecular weight excluding hydrogens is 319 g/mol. The molecule has 7 heteroatoms. The van der Waals surface area contributed by atoms with Gasteiger partial charge in [-0.3, -0.25) is 9.89 Å². The summed E-state index contributed by atoms with van der Waals surface area (Å²) in [7, 11) is 0. The number of alkyl halides is 3. The number of nitrogens with one attached hydrogen (secondary N) is 1. The molecule has 1 fully saturated rings. The summed E-state index contributed by atoms with van der Waals surface area (Å²) in [5.74, 6) is 0.178. The lowest BCUT2D eigenvalue weighted by atomic mass is 9.94. The number of aromatic amines is 1. The van der Waals surface area contributed by atoms with Gasteiger partial charge in [0.15, 0.2) is 0 Å². The summed E-state index contributed by atoms with van der Waals surface area (Å²) >= 11 is 0. The summed E-state index contributed by atoms with van der Waals surface area (Å²) in [6.45, 7) is 1.30. The van der Waals surface area contributed by atoms with E-state index >= 15 is 0 Å². The second kappa shape index (κ2) is 6.67. The van der Waals surface area contributed by atoms with Gasteiger partial charge in [-0.1, -0.05) is 12.1 Å². The molecule has 0 unspecified atom stereocenters. The molecule has 1 saturated heterocycles. The van der Waals surface area contributed by atoms with E-state index in [1.54, 1.807) is 11.1 Å². The Morgan fingerprint density at radius 1 is 1.25 bits per heavy atom. The number of carbonyl (C=O) groups is 1. The van der Waals surface area contributed by atoms with Crippen molar-refractivity contribution in [2.75, 3.05) is 13.1 Å². The molecule has 1 aromatic carbocycles. The number of aromatic nitrogens is 2. The number of nitrogens with zero attached hydrogens (tertiary/aromatic N) is 2. The molecule has 1 atom stereocenters. The zero-order chi connectivity index (χ0) is 17.2. The van der Waals surface area contributed by atoms with Gasteiger partial charge in [-0.05, 0) is 36.6 Å². The summed E-state index contributed by atoms with van der Waals surface area (Å²) in [6.07, 6.45) is -0.645. The van der Waals surface area contributed by atoms with Crippen molar-refractivity contribution in [1.82, 2.24) is 15.1 Å². The van der Waals surface area contributed by atoms with Gasteiger partial charge in [0.2, 0.25) is 5.91 Å². The van der Waals surface area contributed by atoms with E-state index in [0.29, 0.717) is 18.7 Å². The third-order valence-corrected chi connectivity index (χ3v) is 4.37. The van der Waals surface area contributed by atoms with Crippen LogP contribution in [-0.2, 0) is 17.4 Å². The SMILES string of the molecule is O=C(Cc1ccc(C(F)(F)F)cc1)N1CCC[C@@H](c2ccn[nH]2)C1. The van der Waals surface area contributed by atoms with E-state index in [2.05, 4.69) is 10.2 Å². The zero-order valence-electron chi connectivity index (χ0n) is 13.0. The van der Waals surface area contributed by atoms with Gasteiger partial charge in [-0.2, -0.15) is 18.3 Å². The Balaban J connectivity index is 1.62. The van der Waals surface area contributed by atoms with Crippen LogP contribution >= 0.6 is 0 Å². The van der Waals surface area contributed by atoms with Crippen LogP contribution in [-0.4, -0.2) is 34.1 Å². The van der Waals surface area contributed by atoms with E-state index < -0.39 is 11.7 Å². The largest absolute Gasteiger partial charge is 0.416 e. The molecule has 0 aliphatic carbocycles. The first-order valence-electron chi connectivity index (χ1n) is 7.86. The minimum Gasteiger partial charge on any atom is -0.342 e. The zero-order valence-corrected chi connectivity index (χ0v) is 13.0. The molecule has 1 aliphatic heterocycles. The maximum absolute atomic E-state index is 12.6. The molecular formula is C17H18F3N3O. The highest BCUT2D eigenvalue weighted by Gasteiger charge is 2.30. The predicted octanol–water partition coefficient (Wildman–Crippen LogP) is 3.38. The Morgan fingerprint density at radius 3 is 2.62 bits per heavy atom. The fraction of sp³-hybridized carbons (Fsp3) is 0.412. The van der Waals surface area contributed by atoms with Crippen molar-refractivity contribution in [1.29, 1.82) is 0 Å². The van der Waals surface area contributed by atoms with Crippen molar-refractivity contribution in [2.45, 2.75) is 31.4 Å². The second-order valence-corrected chi connectivity index (χ2v) is 6.06. The van der Waals surface area contributed by atoms with E-state index in [0.717, 1.165) is 30.7 Å². The van der Waals surface area contributed by atoms with Gasteiger partial charge in [0.1, 0.15) is 0 Å². The maximum Gasteiger partial charge on any atom is 0.416 e. The first-order valence-corrected chi connectivity index (χ1v) is 7.86. The number of likely N-dealkylation sites (tertiary alicyclic amines) is 1. The number of rotatable bonds is 3. The molecule has 3 rings (SSSR count). The average molecular weight is 337 g/mol. The Bertz CT molecular complexity index is 680. The van der Waals surface area contributed by atoms with Gasteiger partial charge in [-0.15, -0.1) is 0 Å². The molecule has 128 valence electrons. The number of piperidine rings is 1. The fourth-order valence-corrected chi connectivity index (χ4v) is 3.05. The van der Waals surface area contributed by atoms with Crippen molar-refractivity contribution in [3.63, 3.8) is 0 Å². The number of H-pyrrole nitrogens is 1. The molecule has 1 amide bonds. The molecule has 0 bridgehead atoms. The van der Waals surface area contributed by atoms with Crippen molar-refractivity contribution in [3.05, 3.63) is 53.3 Å². The first kappa shape index (κ1) is 16.5. The number of hydrogen-bond donors (Lipinski definition) is 1. The lowest BCUT2D eigenvalue weighted by Crippen LogP contribution is -2.40. The lowest BCUT2D eigenvalue weighted by molar-refractivity contribution is -0.137. The summed E-state index contributed by atoms with van der Waals surface area (Å²) < 4.78 is 37.7. The number of halogens is 3. The van der Waals surface area contributed by atoms with Gasteiger partial charge in [0, 0.05) is 30.9 Å². The van der Waals surface area contributed by atoms with Gasteiger partial charge >= 0.3 is 6.18 Å². The summed E-state index contributed by atoms with van der Waals surface area (Å²) in [4.78, 5) is 14.2. The average Bonchev–Trinajstić information content (AvgIpc) is 3.09. The van der Waals surface area contributed by atoms with Crippen molar-refractivity contribution in [2.24, 2.45) is 0 Å². The molecule has 0 saturated carbocycles. The van der Waals surface area contributed by atoms with E-state index in [1.807, 2.05) is 6.07 Å². The molecule has 2 aromatic rings. The summed E-state index contributed by atoms with van der Waals surface area (Å²) in [6, 6.07) is 6.70. The molecule has 0 radical (unpaired) electrons. The third-order valence-electron chi connectivity index (χ3n) is 4.37. The fourth-order valence-electron chi connectivity index (χ4n) is 3.05. The molecule has 1 aliphatic rings. The Kier molecular flexibility index (Phi) is 4.59. The number of benzene rings is 1. The van der Waals surface area contributed by atoms with E-state index in [1.165, 1.54) is 12.1 Å². The normalized spacial score (nSPS) is 18.6. The first-order chi connectivity index (χ1) is 11.4. The van der Waals surface area contributed by atoms with Gasteiger partial charge in [0.05, 0.1) is 12.0 Å². The smallest absolute Gasteiger partial charge is 0.342 e. The highest BCUT2D eigenvalue weighted by atomic mass is 19.4. The van der Waals surface area contributed by atoms with Crippen molar-refractivity contribution < 1.29 is 18.0 Å². The quantitative estimate of drug-likeness (QED) is 0.933. The van der Waals surface area contributed by atoms with Crippen LogP contribution < -0.4 is 0 Å². The Morgan fingerprint density at radius 2 is 2.00 bits per heavy atom. The minimum atomic E-state index is -4.35. The van der Waals surface area contributed by atoms with Crippen LogP contribution in [0.4, 0.5) is 13.2 Å². The molecule has 1 N–H and O–H groups in total. The van der Waals surface area contributed by atoms with Gasteiger partial charge < -0.3 is 4.90 Å². The number of hydrogen-bond acceptors (Lipinski definition) is 2. The molecule has 0 spiro atoms. The topological polar surface area (TPSA) is 49.0 Å².